The zero-order valence-corrected chi connectivity index (χ0v) is 18.8. The van der Waals surface area contributed by atoms with Gasteiger partial charge in [-0.05, 0) is 11.6 Å². The average molecular weight is 447 g/mol. The van der Waals surface area contributed by atoms with E-state index in [1.54, 1.807) is 72.0 Å². The van der Waals surface area contributed by atoms with E-state index in [0.717, 1.165) is 5.75 Å². The molecule has 0 saturated carbocycles. The van der Waals surface area contributed by atoms with Crippen molar-refractivity contribution in [3.8, 4) is 0 Å². The summed E-state index contributed by atoms with van der Waals surface area (Å²) in [5, 5.41) is 0. The summed E-state index contributed by atoms with van der Waals surface area (Å²) < 4.78 is 10.1. The molecule has 0 spiro atoms. The van der Waals surface area contributed by atoms with E-state index < -0.39 is 11.9 Å². The number of methoxy groups -OCH3 is 1. The summed E-state index contributed by atoms with van der Waals surface area (Å²) in [6.45, 7) is 2.69. The number of esters is 1. The Morgan fingerprint density at radius 1 is 0.900 bits per heavy atom. The zero-order chi connectivity index (χ0) is 21.8. The second-order valence-corrected chi connectivity index (χ2v) is 9.24. The minimum atomic E-state index is -0.522. The predicted octanol–water partition coefficient (Wildman–Crippen LogP) is 4.55. The number of carbonyl (C=O) groups is 3. The SMILES string of the molecule is COCCSSCCOC(=O)CC(=O)C(C)c1cccc(C(=O)c2ccccc2)c1. The molecule has 7 heteroatoms. The molecule has 2 aromatic carbocycles. The minimum absolute atomic E-state index is 0.0997. The van der Waals surface area contributed by atoms with Crippen molar-refractivity contribution in [2.45, 2.75) is 19.3 Å². The van der Waals surface area contributed by atoms with Crippen LogP contribution in [0, 0.1) is 0 Å². The van der Waals surface area contributed by atoms with E-state index in [2.05, 4.69) is 0 Å². The van der Waals surface area contributed by atoms with E-state index >= 15 is 0 Å². The second-order valence-electron chi connectivity index (χ2n) is 6.54. The third-order valence-corrected chi connectivity index (χ3v) is 6.70. The summed E-state index contributed by atoms with van der Waals surface area (Å²) in [6.07, 6.45) is -0.278. The van der Waals surface area contributed by atoms with E-state index in [0.29, 0.717) is 29.1 Å². The van der Waals surface area contributed by atoms with Gasteiger partial charge in [0.05, 0.1) is 6.61 Å². The number of ketones is 2. The van der Waals surface area contributed by atoms with Gasteiger partial charge < -0.3 is 9.47 Å². The van der Waals surface area contributed by atoms with E-state index in [9.17, 15) is 14.4 Å². The van der Waals surface area contributed by atoms with Gasteiger partial charge in [-0.2, -0.15) is 0 Å². The molecular weight excluding hydrogens is 420 g/mol. The molecule has 0 aliphatic rings. The molecule has 0 fully saturated rings. The van der Waals surface area contributed by atoms with Crippen molar-refractivity contribution in [2.24, 2.45) is 0 Å². The van der Waals surface area contributed by atoms with Crippen molar-refractivity contribution in [2.75, 3.05) is 31.8 Å². The van der Waals surface area contributed by atoms with Gasteiger partial charge in [0.25, 0.3) is 0 Å². The van der Waals surface area contributed by atoms with Crippen LogP contribution in [0.25, 0.3) is 0 Å². The third kappa shape index (κ3) is 7.97. The van der Waals surface area contributed by atoms with Crippen molar-refractivity contribution in [1.29, 1.82) is 0 Å². The summed E-state index contributed by atoms with van der Waals surface area (Å²) in [5.41, 5.74) is 1.82. The van der Waals surface area contributed by atoms with Crippen LogP contribution in [0.4, 0.5) is 0 Å². The van der Waals surface area contributed by atoms with Crippen LogP contribution in [0.1, 0.15) is 40.7 Å². The first-order valence-electron chi connectivity index (χ1n) is 9.64. The summed E-state index contributed by atoms with van der Waals surface area (Å²) in [5.74, 6) is 0.180. The van der Waals surface area contributed by atoms with Crippen LogP contribution in [0.2, 0.25) is 0 Å². The van der Waals surface area contributed by atoms with Crippen molar-refractivity contribution in [3.63, 3.8) is 0 Å². The van der Waals surface area contributed by atoms with Gasteiger partial charge in [-0.1, -0.05) is 77.0 Å². The summed E-state index contributed by atoms with van der Waals surface area (Å²) in [4.78, 5) is 37.1. The lowest BCUT2D eigenvalue weighted by atomic mass is 9.92. The predicted molar refractivity (Wildman–Crippen MR) is 122 cm³/mol. The van der Waals surface area contributed by atoms with Gasteiger partial charge in [-0.3, -0.25) is 14.4 Å². The number of ether oxygens (including phenoxy) is 2. The molecule has 0 saturated heterocycles. The Kier molecular flexibility index (Phi) is 10.7. The molecule has 1 unspecified atom stereocenters. The molecule has 0 aliphatic carbocycles. The maximum atomic E-state index is 12.6. The molecule has 0 amide bonds. The first-order chi connectivity index (χ1) is 14.5. The molecule has 0 radical (unpaired) electrons. The van der Waals surface area contributed by atoms with Gasteiger partial charge in [0, 0.05) is 35.7 Å². The Balaban J connectivity index is 1.84. The highest BCUT2D eigenvalue weighted by Gasteiger charge is 2.20. The third-order valence-electron chi connectivity index (χ3n) is 4.37. The van der Waals surface area contributed by atoms with Gasteiger partial charge in [-0.15, -0.1) is 0 Å². The first kappa shape index (κ1) is 24.2. The van der Waals surface area contributed by atoms with Crippen LogP contribution in [-0.4, -0.2) is 49.4 Å². The Morgan fingerprint density at radius 3 is 2.27 bits per heavy atom. The number of hydrogen-bond donors (Lipinski definition) is 0. The van der Waals surface area contributed by atoms with Crippen LogP contribution in [0.15, 0.2) is 54.6 Å². The fraction of sp³-hybridized carbons (Fsp3) is 0.348. The molecule has 2 rings (SSSR count). The maximum Gasteiger partial charge on any atom is 0.313 e. The fourth-order valence-electron chi connectivity index (χ4n) is 2.66. The molecule has 0 N–H and O–H groups in total. The van der Waals surface area contributed by atoms with Gasteiger partial charge in [0.1, 0.15) is 13.0 Å². The molecule has 5 nitrogen and oxygen atoms in total. The van der Waals surface area contributed by atoms with E-state index in [1.165, 1.54) is 0 Å². The second kappa shape index (κ2) is 13.3. The Labute approximate surface area is 185 Å². The standard InChI is InChI=1S/C23H26O5S2/c1-17(21(24)16-22(25)28-12-14-30-29-13-11-27-2)19-9-6-10-20(15-19)23(26)18-7-4-3-5-8-18/h3-10,15,17H,11-14,16H2,1-2H3. The largest absolute Gasteiger partial charge is 0.464 e. The summed E-state index contributed by atoms with van der Waals surface area (Å²) >= 11 is 0. The first-order valence-corrected chi connectivity index (χ1v) is 12.1. The fourth-order valence-corrected chi connectivity index (χ4v) is 4.40. The van der Waals surface area contributed by atoms with Gasteiger partial charge in [-0.25, -0.2) is 0 Å². The van der Waals surface area contributed by atoms with Crippen LogP contribution >= 0.6 is 21.6 Å². The van der Waals surface area contributed by atoms with Gasteiger partial charge >= 0.3 is 5.97 Å². The van der Waals surface area contributed by atoms with Crippen molar-refractivity contribution in [3.05, 3.63) is 71.3 Å². The highest BCUT2D eigenvalue weighted by Crippen LogP contribution is 2.22. The number of rotatable bonds is 13. The lowest BCUT2D eigenvalue weighted by molar-refractivity contribution is -0.145. The molecule has 2 aromatic rings. The number of hydrogen-bond acceptors (Lipinski definition) is 7. The van der Waals surface area contributed by atoms with Crippen LogP contribution < -0.4 is 0 Å². The lowest BCUT2D eigenvalue weighted by Crippen LogP contribution is -2.17. The van der Waals surface area contributed by atoms with Crippen molar-refractivity contribution in [1.82, 2.24) is 0 Å². The van der Waals surface area contributed by atoms with E-state index in [4.69, 9.17) is 9.47 Å². The zero-order valence-electron chi connectivity index (χ0n) is 17.2. The monoisotopic (exact) mass is 446 g/mol. The topological polar surface area (TPSA) is 69.7 Å². The molecule has 0 heterocycles. The Hall–Kier alpha value is -2.09. The number of carbonyl (C=O) groups excluding carboxylic acids is 3. The van der Waals surface area contributed by atoms with Crippen LogP contribution in [0.5, 0.6) is 0 Å². The normalized spacial score (nSPS) is 11.7. The molecule has 0 bridgehead atoms. The molecular formula is C23H26O5S2. The quantitative estimate of drug-likeness (QED) is 0.147. The summed E-state index contributed by atoms with van der Waals surface area (Å²) in [6, 6.07) is 16.0. The highest BCUT2D eigenvalue weighted by molar-refractivity contribution is 8.76. The van der Waals surface area contributed by atoms with Crippen molar-refractivity contribution < 1.29 is 23.9 Å². The minimum Gasteiger partial charge on any atom is -0.464 e. The molecule has 1 atom stereocenters. The Morgan fingerprint density at radius 2 is 1.57 bits per heavy atom. The van der Waals surface area contributed by atoms with Crippen LogP contribution in [0.3, 0.4) is 0 Å². The average Bonchev–Trinajstić information content (AvgIpc) is 2.78. The van der Waals surface area contributed by atoms with E-state index in [-0.39, 0.29) is 24.6 Å². The van der Waals surface area contributed by atoms with Crippen molar-refractivity contribution >= 4 is 39.1 Å². The van der Waals surface area contributed by atoms with Gasteiger partial charge in [0.2, 0.25) is 0 Å². The molecule has 30 heavy (non-hydrogen) atoms. The van der Waals surface area contributed by atoms with Gasteiger partial charge in [0.15, 0.2) is 11.6 Å². The summed E-state index contributed by atoms with van der Waals surface area (Å²) in [7, 11) is 4.91. The number of benzene rings is 2. The Bertz CT molecular complexity index is 838. The smallest absolute Gasteiger partial charge is 0.313 e. The lowest BCUT2D eigenvalue weighted by Gasteiger charge is -2.12. The number of Topliss-reactive ketones (excluding diaryl/α,β-unsaturated/α-hetero) is 1. The highest BCUT2D eigenvalue weighted by atomic mass is 33.1. The molecule has 0 aliphatic heterocycles. The van der Waals surface area contributed by atoms with Crippen LogP contribution in [-0.2, 0) is 19.1 Å². The molecule has 0 aromatic heterocycles. The maximum absolute atomic E-state index is 12.6. The van der Waals surface area contributed by atoms with E-state index in [1.807, 2.05) is 18.2 Å². The molecule has 160 valence electrons.